The van der Waals surface area contributed by atoms with E-state index in [0.717, 1.165) is 12.5 Å². The Balaban J connectivity index is 2.50. The first-order valence-corrected chi connectivity index (χ1v) is 5.64. The molecule has 0 saturated carbocycles. The maximum absolute atomic E-state index is 13.2. The van der Waals surface area contributed by atoms with Gasteiger partial charge in [-0.25, -0.2) is 13.2 Å². The number of nitrogens with one attached hydrogen (secondary N) is 1. The molecule has 1 nitrogen and oxygen atoms in total. The molecule has 0 spiro atoms. The molecule has 96 valence electrons. The summed E-state index contributed by atoms with van der Waals surface area (Å²) in [6.07, 6.45) is 0.929. The maximum atomic E-state index is 13.2. The third-order valence-electron chi connectivity index (χ3n) is 2.46. The highest BCUT2D eigenvalue weighted by atomic mass is 19.2. The first-order valence-electron chi connectivity index (χ1n) is 5.64. The van der Waals surface area contributed by atoms with E-state index in [-0.39, 0.29) is 17.5 Å². The van der Waals surface area contributed by atoms with Crippen LogP contribution in [-0.2, 0) is 6.54 Å². The Morgan fingerprint density at radius 2 is 1.59 bits per heavy atom. The molecule has 1 rings (SSSR count). The Hall–Kier alpha value is -1.03. The highest BCUT2D eigenvalue weighted by Gasteiger charge is 2.11. The first-order chi connectivity index (χ1) is 7.79. The topological polar surface area (TPSA) is 12.0 Å². The molecule has 0 bridgehead atoms. The molecule has 17 heavy (non-hydrogen) atoms. The van der Waals surface area contributed by atoms with Gasteiger partial charge in [-0.1, -0.05) is 20.8 Å². The van der Waals surface area contributed by atoms with Crippen LogP contribution >= 0.6 is 0 Å². The summed E-state index contributed by atoms with van der Waals surface area (Å²) in [6, 6.07) is 1.48. The van der Waals surface area contributed by atoms with Gasteiger partial charge < -0.3 is 5.32 Å². The number of hydrogen-bond donors (Lipinski definition) is 1. The van der Waals surface area contributed by atoms with Gasteiger partial charge in [0, 0.05) is 18.2 Å². The Kier molecular flexibility index (Phi) is 4.57. The second kappa shape index (κ2) is 5.54. The van der Waals surface area contributed by atoms with Crippen LogP contribution in [0.5, 0.6) is 0 Å². The molecule has 1 aromatic carbocycles. The third-order valence-corrected chi connectivity index (χ3v) is 2.46. The van der Waals surface area contributed by atoms with E-state index in [9.17, 15) is 13.2 Å². The quantitative estimate of drug-likeness (QED) is 0.631. The van der Waals surface area contributed by atoms with Crippen molar-refractivity contribution in [3.63, 3.8) is 0 Å². The summed E-state index contributed by atoms with van der Waals surface area (Å²) in [4.78, 5) is 0. The van der Waals surface area contributed by atoms with E-state index in [4.69, 9.17) is 0 Å². The van der Waals surface area contributed by atoms with Crippen LogP contribution in [0, 0.1) is 22.9 Å². The van der Waals surface area contributed by atoms with Crippen molar-refractivity contribution in [2.45, 2.75) is 33.7 Å². The number of rotatable bonds is 4. The lowest BCUT2D eigenvalue weighted by Gasteiger charge is -2.18. The van der Waals surface area contributed by atoms with E-state index in [0.29, 0.717) is 12.6 Å². The van der Waals surface area contributed by atoms with Crippen LogP contribution in [0.1, 0.15) is 32.8 Å². The van der Waals surface area contributed by atoms with Crippen molar-refractivity contribution >= 4 is 0 Å². The average Bonchev–Trinajstić information content (AvgIpc) is 2.18. The molecule has 0 radical (unpaired) electrons. The molecule has 1 N–H and O–H groups in total. The predicted molar refractivity (Wildman–Crippen MR) is 62.1 cm³/mol. The molecule has 4 heteroatoms. The van der Waals surface area contributed by atoms with Crippen LogP contribution in [-0.4, -0.2) is 6.54 Å². The highest BCUT2D eigenvalue weighted by Crippen LogP contribution is 2.17. The molecule has 0 aliphatic carbocycles. The smallest absolute Gasteiger partial charge is 0.161 e. The highest BCUT2D eigenvalue weighted by molar-refractivity contribution is 5.19. The van der Waals surface area contributed by atoms with Crippen molar-refractivity contribution in [3.8, 4) is 0 Å². The Bertz CT molecular complexity index is 383. The van der Waals surface area contributed by atoms with Crippen LogP contribution < -0.4 is 5.32 Å². The average molecular weight is 245 g/mol. The van der Waals surface area contributed by atoms with Gasteiger partial charge in [-0.15, -0.1) is 0 Å². The number of benzene rings is 1. The summed E-state index contributed by atoms with van der Waals surface area (Å²) in [5.74, 6) is -2.88. The molecular formula is C13H18F3N. The fraction of sp³-hybridized carbons (Fsp3) is 0.538. The molecule has 0 unspecified atom stereocenters. The van der Waals surface area contributed by atoms with E-state index < -0.39 is 17.5 Å². The summed E-state index contributed by atoms with van der Waals surface area (Å²) in [6.45, 7) is 7.23. The molecular weight excluding hydrogens is 227 g/mol. The van der Waals surface area contributed by atoms with Gasteiger partial charge in [-0.3, -0.25) is 0 Å². The minimum Gasteiger partial charge on any atom is -0.313 e. The van der Waals surface area contributed by atoms with Crippen molar-refractivity contribution in [2.24, 2.45) is 5.41 Å². The van der Waals surface area contributed by atoms with Crippen LogP contribution in [0.15, 0.2) is 12.1 Å². The fourth-order valence-corrected chi connectivity index (χ4v) is 1.39. The number of hydrogen-bond acceptors (Lipinski definition) is 1. The molecule has 1 aromatic rings. The van der Waals surface area contributed by atoms with Crippen LogP contribution in [0.3, 0.4) is 0 Å². The van der Waals surface area contributed by atoms with Crippen molar-refractivity contribution < 1.29 is 13.2 Å². The monoisotopic (exact) mass is 245 g/mol. The standard InChI is InChI=1S/C13H18F3N/c1-13(2,3)4-5-17-8-9-6-11(15)12(16)7-10(9)14/h6-7,17H,4-5,8H2,1-3H3. The zero-order valence-corrected chi connectivity index (χ0v) is 10.4. The van der Waals surface area contributed by atoms with E-state index in [1.165, 1.54) is 0 Å². The van der Waals surface area contributed by atoms with Crippen LogP contribution in [0.4, 0.5) is 13.2 Å². The van der Waals surface area contributed by atoms with E-state index in [1.54, 1.807) is 0 Å². The van der Waals surface area contributed by atoms with Gasteiger partial charge in [-0.2, -0.15) is 0 Å². The summed E-state index contributed by atoms with van der Waals surface area (Å²) < 4.78 is 38.8. The first kappa shape index (κ1) is 14.0. The zero-order valence-electron chi connectivity index (χ0n) is 10.4. The van der Waals surface area contributed by atoms with Gasteiger partial charge in [0.25, 0.3) is 0 Å². The van der Waals surface area contributed by atoms with Crippen molar-refractivity contribution in [1.82, 2.24) is 5.32 Å². The normalized spacial score (nSPS) is 11.9. The zero-order chi connectivity index (χ0) is 13.1. The molecule has 0 aromatic heterocycles. The minimum absolute atomic E-state index is 0.151. The second-order valence-corrected chi connectivity index (χ2v) is 5.35. The molecule has 0 saturated heterocycles. The van der Waals surface area contributed by atoms with Crippen LogP contribution in [0.25, 0.3) is 0 Å². The van der Waals surface area contributed by atoms with Gasteiger partial charge in [0.1, 0.15) is 5.82 Å². The summed E-state index contributed by atoms with van der Waals surface area (Å²) >= 11 is 0. The Morgan fingerprint density at radius 1 is 1.00 bits per heavy atom. The van der Waals surface area contributed by atoms with Gasteiger partial charge in [0.2, 0.25) is 0 Å². The lowest BCUT2D eigenvalue weighted by atomic mass is 9.92. The molecule has 0 aliphatic rings. The van der Waals surface area contributed by atoms with Gasteiger partial charge in [-0.05, 0) is 24.4 Å². The number of halogens is 3. The third kappa shape index (κ3) is 4.77. The largest absolute Gasteiger partial charge is 0.313 e. The summed E-state index contributed by atoms with van der Waals surface area (Å²) in [5.41, 5.74) is 0.345. The van der Waals surface area contributed by atoms with Gasteiger partial charge in [0.15, 0.2) is 11.6 Å². The Morgan fingerprint density at radius 3 is 2.18 bits per heavy atom. The lowest BCUT2D eigenvalue weighted by molar-refractivity contribution is 0.365. The van der Waals surface area contributed by atoms with E-state index in [2.05, 4.69) is 26.1 Å². The van der Waals surface area contributed by atoms with E-state index in [1.807, 2.05) is 0 Å². The Labute approximate surface area is 100 Å². The molecule has 0 fully saturated rings. The van der Waals surface area contributed by atoms with E-state index >= 15 is 0 Å². The molecule has 0 atom stereocenters. The van der Waals surface area contributed by atoms with Crippen LogP contribution in [0.2, 0.25) is 0 Å². The minimum atomic E-state index is -1.15. The van der Waals surface area contributed by atoms with Gasteiger partial charge >= 0.3 is 0 Å². The SMILES string of the molecule is CC(C)(C)CCNCc1cc(F)c(F)cc1F. The molecule has 0 heterocycles. The predicted octanol–water partition coefficient (Wildman–Crippen LogP) is 3.63. The fourth-order valence-electron chi connectivity index (χ4n) is 1.39. The second-order valence-electron chi connectivity index (χ2n) is 5.35. The summed E-state index contributed by atoms with van der Waals surface area (Å²) in [5, 5.41) is 3.02. The molecule has 0 amide bonds. The summed E-state index contributed by atoms with van der Waals surface area (Å²) in [7, 11) is 0. The van der Waals surface area contributed by atoms with Gasteiger partial charge in [0.05, 0.1) is 0 Å². The van der Waals surface area contributed by atoms with Crippen molar-refractivity contribution in [1.29, 1.82) is 0 Å². The van der Waals surface area contributed by atoms with Crippen molar-refractivity contribution in [3.05, 3.63) is 35.1 Å². The van der Waals surface area contributed by atoms with Crippen molar-refractivity contribution in [2.75, 3.05) is 6.54 Å². The molecule has 0 aliphatic heterocycles. The maximum Gasteiger partial charge on any atom is 0.161 e. The lowest BCUT2D eigenvalue weighted by Crippen LogP contribution is -2.20.